The van der Waals surface area contributed by atoms with Crippen LogP contribution in [0.3, 0.4) is 0 Å². The maximum atomic E-state index is 12.5. The summed E-state index contributed by atoms with van der Waals surface area (Å²) >= 11 is 0. The van der Waals surface area contributed by atoms with Gasteiger partial charge in [-0.05, 0) is 29.2 Å². The zero-order valence-corrected chi connectivity index (χ0v) is 15.6. The predicted octanol–water partition coefficient (Wildman–Crippen LogP) is 3.47. The molecule has 1 aliphatic heterocycles. The van der Waals surface area contributed by atoms with Crippen LogP contribution in [0.25, 0.3) is 0 Å². The molecule has 0 bridgehead atoms. The van der Waals surface area contributed by atoms with Crippen LogP contribution in [0.2, 0.25) is 0 Å². The minimum Gasteiger partial charge on any atom is -0.299 e. The summed E-state index contributed by atoms with van der Waals surface area (Å²) in [5.41, 5.74) is 5.89. The van der Waals surface area contributed by atoms with Crippen LogP contribution in [0, 0.1) is 0 Å². The van der Waals surface area contributed by atoms with E-state index in [1.54, 1.807) is 4.68 Å². The topological polar surface area (TPSA) is 60.1 Å². The molecule has 2 aromatic heterocycles. The Hall–Kier alpha value is -3.08. The third-order valence-corrected chi connectivity index (χ3v) is 4.95. The van der Waals surface area contributed by atoms with Crippen LogP contribution < -0.4 is 0 Å². The van der Waals surface area contributed by atoms with E-state index in [2.05, 4.69) is 34.1 Å². The summed E-state index contributed by atoms with van der Waals surface area (Å²) in [4.78, 5) is 21.6. The number of carbonyl (C=O) groups is 1. The molecule has 3 heterocycles. The number of aromatic nitrogens is 3. The number of hydrogen-bond donors (Lipinski definition) is 0. The van der Waals surface area contributed by atoms with Crippen molar-refractivity contribution in [1.82, 2.24) is 14.8 Å². The number of nitrogens with zero attached hydrogens (tertiary/aromatic N) is 4. The highest BCUT2D eigenvalue weighted by Gasteiger charge is 2.21. The van der Waals surface area contributed by atoms with Gasteiger partial charge in [0.05, 0.1) is 12.3 Å². The first-order valence-electron chi connectivity index (χ1n) is 9.19. The normalized spacial score (nSPS) is 13.9. The molecule has 0 radical (unpaired) electrons. The van der Waals surface area contributed by atoms with Crippen molar-refractivity contribution >= 4 is 11.5 Å². The second-order valence-electron chi connectivity index (χ2n) is 7.10. The third-order valence-electron chi connectivity index (χ3n) is 4.95. The maximum Gasteiger partial charge on any atom is 0.139 e. The molecule has 136 valence electrons. The van der Waals surface area contributed by atoms with Gasteiger partial charge in [0, 0.05) is 43.5 Å². The molecule has 0 saturated heterocycles. The second kappa shape index (κ2) is 7.27. The molecule has 4 rings (SSSR count). The van der Waals surface area contributed by atoms with Crippen molar-refractivity contribution in [2.75, 3.05) is 0 Å². The number of Topliss-reactive ketones (excluding diaryl/α,β-unsaturated/α-hetero) is 1. The standard InChI is InChI=1S/C22H22N4O/c1-15(16-6-4-3-5-7-16)10-19(27)12-18-11-17-13-24-22(20(17)14-23-18)21-8-9-26(2)25-21/h3-9,11,14-15H,10,12-13H2,1-2H3/t15-/m0/s1. The molecular formula is C22H22N4O. The third kappa shape index (κ3) is 3.72. The highest BCUT2D eigenvalue weighted by Crippen LogP contribution is 2.24. The number of aryl methyl sites for hydroxylation is 1. The van der Waals surface area contributed by atoms with Gasteiger partial charge in [0.15, 0.2) is 0 Å². The molecule has 0 spiro atoms. The van der Waals surface area contributed by atoms with Crippen molar-refractivity contribution in [1.29, 1.82) is 0 Å². The van der Waals surface area contributed by atoms with Gasteiger partial charge in [-0.15, -0.1) is 0 Å². The Morgan fingerprint density at radius 1 is 1.22 bits per heavy atom. The average Bonchev–Trinajstić information content (AvgIpc) is 3.27. The zero-order chi connectivity index (χ0) is 18.8. The van der Waals surface area contributed by atoms with Gasteiger partial charge in [-0.3, -0.25) is 19.5 Å². The Bertz CT molecular complexity index is 1000. The molecule has 0 amide bonds. The fraction of sp³-hybridized carbons (Fsp3) is 0.273. The van der Waals surface area contributed by atoms with Gasteiger partial charge in [-0.1, -0.05) is 37.3 Å². The van der Waals surface area contributed by atoms with E-state index in [1.807, 2.05) is 49.8 Å². The number of ketones is 1. The fourth-order valence-corrected chi connectivity index (χ4v) is 3.51. The number of hydrogen-bond acceptors (Lipinski definition) is 4. The van der Waals surface area contributed by atoms with Gasteiger partial charge in [-0.25, -0.2) is 0 Å². The van der Waals surface area contributed by atoms with E-state index in [-0.39, 0.29) is 11.7 Å². The van der Waals surface area contributed by atoms with E-state index in [9.17, 15) is 4.79 Å². The van der Waals surface area contributed by atoms with Crippen molar-refractivity contribution in [2.45, 2.75) is 32.2 Å². The summed E-state index contributed by atoms with van der Waals surface area (Å²) in [5.74, 6) is 0.426. The molecule has 3 aromatic rings. The molecule has 0 saturated carbocycles. The minimum atomic E-state index is 0.211. The van der Waals surface area contributed by atoms with Crippen molar-refractivity contribution in [2.24, 2.45) is 12.0 Å². The monoisotopic (exact) mass is 358 g/mol. The number of benzene rings is 1. The molecular weight excluding hydrogens is 336 g/mol. The van der Waals surface area contributed by atoms with Crippen LogP contribution in [0.1, 0.15) is 47.3 Å². The van der Waals surface area contributed by atoms with Crippen molar-refractivity contribution in [3.8, 4) is 0 Å². The van der Waals surface area contributed by atoms with Crippen LogP contribution in [0.15, 0.2) is 59.9 Å². The summed E-state index contributed by atoms with van der Waals surface area (Å²) in [6.45, 7) is 2.71. The van der Waals surface area contributed by atoms with E-state index in [1.165, 1.54) is 5.56 Å². The van der Waals surface area contributed by atoms with Crippen molar-refractivity contribution in [3.63, 3.8) is 0 Å². The molecule has 0 aliphatic carbocycles. The van der Waals surface area contributed by atoms with E-state index in [4.69, 9.17) is 0 Å². The number of pyridine rings is 1. The number of aliphatic imine (C=N–C) groups is 1. The smallest absolute Gasteiger partial charge is 0.139 e. The summed E-state index contributed by atoms with van der Waals surface area (Å²) in [6.07, 6.45) is 4.63. The Morgan fingerprint density at radius 3 is 2.78 bits per heavy atom. The fourth-order valence-electron chi connectivity index (χ4n) is 3.51. The van der Waals surface area contributed by atoms with Crippen molar-refractivity contribution < 1.29 is 4.79 Å². The van der Waals surface area contributed by atoms with E-state index >= 15 is 0 Å². The molecule has 1 atom stereocenters. The van der Waals surface area contributed by atoms with E-state index < -0.39 is 0 Å². The first-order valence-corrected chi connectivity index (χ1v) is 9.19. The summed E-state index contributed by atoms with van der Waals surface area (Å²) < 4.78 is 1.77. The van der Waals surface area contributed by atoms with Gasteiger partial charge in [0.25, 0.3) is 0 Å². The minimum absolute atomic E-state index is 0.211. The molecule has 0 N–H and O–H groups in total. The molecule has 5 nitrogen and oxygen atoms in total. The van der Waals surface area contributed by atoms with Gasteiger partial charge >= 0.3 is 0 Å². The Kier molecular flexibility index (Phi) is 4.67. The quantitative estimate of drug-likeness (QED) is 0.678. The van der Waals surface area contributed by atoms with Gasteiger partial charge in [0.1, 0.15) is 11.5 Å². The van der Waals surface area contributed by atoms with E-state index in [0.29, 0.717) is 19.4 Å². The summed E-state index contributed by atoms with van der Waals surface area (Å²) in [6, 6.07) is 14.1. The molecule has 0 unspecified atom stereocenters. The first kappa shape index (κ1) is 17.3. The molecule has 5 heteroatoms. The van der Waals surface area contributed by atoms with Crippen LogP contribution >= 0.6 is 0 Å². The van der Waals surface area contributed by atoms with E-state index in [0.717, 1.165) is 28.2 Å². The van der Waals surface area contributed by atoms with Gasteiger partial charge < -0.3 is 0 Å². The lowest BCUT2D eigenvalue weighted by Crippen LogP contribution is -2.10. The van der Waals surface area contributed by atoms with Crippen LogP contribution in [-0.2, 0) is 24.8 Å². The van der Waals surface area contributed by atoms with Crippen LogP contribution in [0.4, 0.5) is 0 Å². The first-order chi connectivity index (χ1) is 13.1. The molecule has 1 aromatic carbocycles. The number of rotatable bonds is 6. The molecule has 27 heavy (non-hydrogen) atoms. The summed E-state index contributed by atoms with van der Waals surface area (Å²) in [5, 5.41) is 4.43. The number of fused-ring (bicyclic) bond motifs is 1. The maximum absolute atomic E-state index is 12.5. The van der Waals surface area contributed by atoms with Crippen LogP contribution in [0.5, 0.6) is 0 Å². The second-order valence-corrected chi connectivity index (χ2v) is 7.10. The predicted molar refractivity (Wildman–Crippen MR) is 105 cm³/mol. The van der Waals surface area contributed by atoms with Gasteiger partial charge in [-0.2, -0.15) is 5.10 Å². The highest BCUT2D eigenvalue weighted by molar-refractivity contribution is 6.13. The average molecular weight is 358 g/mol. The van der Waals surface area contributed by atoms with Crippen LogP contribution in [-0.4, -0.2) is 26.3 Å². The van der Waals surface area contributed by atoms with Gasteiger partial charge in [0.2, 0.25) is 0 Å². The summed E-state index contributed by atoms with van der Waals surface area (Å²) in [7, 11) is 1.89. The lowest BCUT2D eigenvalue weighted by molar-refractivity contribution is -0.118. The Labute approximate surface area is 158 Å². The lowest BCUT2D eigenvalue weighted by Gasteiger charge is -2.11. The lowest BCUT2D eigenvalue weighted by atomic mass is 9.94. The SMILES string of the molecule is C[C@@H](CC(=O)Cc1cc2c(cn1)C(c1ccn(C)n1)=NC2)c1ccccc1. The zero-order valence-electron chi connectivity index (χ0n) is 15.6. The number of carbonyl (C=O) groups excluding carboxylic acids is 1. The molecule has 0 fully saturated rings. The highest BCUT2D eigenvalue weighted by atomic mass is 16.1. The Balaban J connectivity index is 1.44. The Morgan fingerprint density at radius 2 is 2.04 bits per heavy atom. The largest absolute Gasteiger partial charge is 0.299 e. The van der Waals surface area contributed by atoms with Crippen molar-refractivity contribution in [3.05, 3.63) is 82.9 Å². The molecule has 1 aliphatic rings.